The molecule has 0 aromatic heterocycles. The lowest BCUT2D eigenvalue weighted by molar-refractivity contribution is -0.144. The number of hydrogen-bond acceptors (Lipinski definition) is 5. The van der Waals surface area contributed by atoms with Gasteiger partial charge in [0.15, 0.2) is 6.61 Å². The maximum Gasteiger partial charge on any atom is 0.307 e. The first-order valence-electron chi connectivity index (χ1n) is 8.15. The lowest BCUT2D eigenvalue weighted by Crippen LogP contribution is -2.40. The number of nitrogens with zero attached hydrogens (tertiary/aromatic N) is 1. The quantitative estimate of drug-likeness (QED) is 0.696. The zero-order valence-corrected chi connectivity index (χ0v) is 14.9. The lowest BCUT2D eigenvalue weighted by atomic mass is 10.1. The Hall–Kier alpha value is -2.08. The molecule has 0 aliphatic carbocycles. The Balaban J connectivity index is 2.65. The monoisotopic (exact) mass is 337 g/mol. The number of aliphatic hydroxyl groups is 1. The van der Waals surface area contributed by atoms with E-state index >= 15 is 0 Å². The molecule has 0 bridgehead atoms. The van der Waals surface area contributed by atoms with Gasteiger partial charge in [-0.3, -0.25) is 9.59 Å². The second-order valence-electron chi connectivity index (χ2n) is 5.75. The zero-order chi connectivity index (χ0) is 18.1. The molecule has 0 saturated heterocycles. The van der Waals surface area contributed by atoms with Gasteiger partial charge in [-0.1, -0.05) is 18.2 Å². The van der Waals surface area contributed by atoms with Crippen LogP contribution in [0.2, 0.25) is 0 Å². The van der Waals surface area contributed by atoms with Crippen LogP contribution < -0.4 is 4.74 Å². The summed E-state index contributed by atoms with van der Waals surface area (Å²) < 4.78 is 10.5. The van der Waals surface area contributed by atoms with Crippen molar-refractivity contribution in [2.75, 3.05) is 26.3 Å². The van der Waals surface area contributed by atoms with Gasteiger partial charge in [0.25, 0.3) is 5.91 Å². The molecule has 1 unspecified atom stereocenters. The van der Waals surface area contributed by atoms with Crippen LogP contribution in [0.4, 0.5) is 0 Å². The van der Waals surface area contributed by atoms with E-state index in [9.17, 15) is 14.7 Å². The molecule has 0 heterocycles. The summed E-state index contributed by atoms with van der Waals surface area (Å²) in [6, 6.07) is 5.76. The van der Waals surface area contributed by atoms with Crippen LogP contribution in [-0.2, 0) is 14.3 Å². The molecule has 0 aliphatic rings. The van der Waals surface area contributed by atoms with Crippen molar-refractivity contribution in [2.24, 2.45) is 0 Å². The van der Waals surface area contributed by atoms with Gasteiger partial charge in [0.05, 0.1) is 19.1 Å². The van der Waals surface area contributed by atoms with E-state index in [2.05, 4.69) is 0 Å². The van der Waals surface area contributed by atoms with E-state index in [4.69, 9.17) is 9.47 Å². The molecule has 0 aliphatic heterocycles. The fourth-order valence-corrected chi connectivity index (χ4v) is 2.35. The van der Waals surface area contributed by atoms with E-state index in [-0.39, 0.29) is 38.0 Å². The summed E-state index contributed by atoms with van der Waals surface area (Å²) in [7, 11) is 0. The third-order valence-corrected chi connectivity index (χ3v) is 3.48. The Morgan fingerprint density at radius 1 is 1.25 bits per heavy atom. The third-order valence-electron chi connectivity index (χ3n) is 3.48. The number of para-hydroxylation sites is 1. The zero-order valence-electron chi connectivity index (χ0n) is 14.9. The second kappa shape index (κ2) is 9.93. The highest BCUT2D eigenvalue weighted by atomic mass is 16.5. The number of carbonyl (C=O) groups is 2. The number of benzene rings is 1. The summed E-state index contributed by atoms with van der Waals surface area (Å²) in [5.74, 6) is 0.0488. The van der Waals surface area contributed by atoms with E-state index in [1.54, 1.807) is 13.8 Å². The first-order chi connectivity index (χ1) is 11.3. The maximum atomic E-state index is 12.4. The van der Waals surface area contributed by atoms with Crippen molar-refractivity contribution in [1.29, 1.82) is 0 Å². The van der Waals surface area contributed by atoms with Crippen molar-refractivity contribution in [3.8, 4) is 5.75 Å². The fourth-order valence-electron chi connectivity index (χ4n) is 2.35. The molecule has 6 heteroatoms. The molecular weight excluding hydrogens is 310 g/mol. The minimum atomic E-state index is -0.684. The van der Waals surface area contributed by atoms with Gasteiger partial charge in [-0.2, -0.15) is 0 Å². The number of ether oxygens (including phenoxy) is 2. The van der Waals surface area contributed by atoms with Crippen molar-refractivity contribution >= 4 is 11.9 Å². The number of aryl methyl sites for hydroxylation is 2. The fraction of sp³-hybridized carbons (Fsp3) is 0.556. The van der Waals surface area contributed by atoms with Crippen molar-refractivity contribution in [3.05, 3.63) is 29.3 Å². The van der Waals surface area contributed by atoms with Crippen LogP contribution in [0.1, 0.15) is 31.4 Å². The van der Waals surface area contributed by atoms with Crippen LogP contribution in [0.15, 0.2) is 18.2 Å². The summed E-state index contributed by atoms with van der Waals surface area (Å²) >= 11 is 0. The summed E-state index contributed by atoms with van der Waals surface area (Å²) in [6.45, 7) is 7.67. The van der Waals surface area contributed by atoms with Crippen molar-refractivity contribution in [2.45, 2.75) is 40.2 Å². The molecule has 1 aromatic carbocycles. The van der Waals surface area contributed by atoms with E-state index in [1.807, 2.05) is 32.0 Å². The molecule has 1 atom stereocenters. The first-order valence-corrected chi connectivity index (χ1v) is 8.15. The number of aliphatic hydroxyl groups excluding tert-OH is 1. The average Bonchev–Trinajstić information content (AvgIpc) is 2.50. The van der Waals surface area contributed by atoms with Crippen molar-refractivity contribution < 1.29 is 24.2 Å². The summed E-state index contributed by atoms with van der Waals surface area (Å²) in [5, 5.41) is 9.56. The minimum absolute atomic E-state index is 0.0929. The number of amides is 1. The molecule has 0 fully saturated rings. The van der Waals surface area contributed by atoms with Crippen LogP contribution in [-0.4, -0.2) is 54.3 Å². The Kier molecular flexibility index (Phi) is 8.26. The average molecular weight is 337 g/mol. The highest BCUT2D eigenvalue weighted by Gasteiger charge is 2.18. The Morgan fingerprint density at radius 3 is 2.42 bits per heavy atom. The van der Waals surface area contributed by atoms with Crippen LogP contribution in [0.25, 0.3) is 0 Å². The maximum absolute atomic E-state index is 12.4. The van der Waals surface area contributed by atoms with Crippen LogP contribution >= 0.6 is 0 Å². The van der Waals surface area contributed by atoms with E-state index in [1.165, 1.54) is 4.90 Å². The van der Waals surface area contributed by atoms with E-state index < -0.39 is 6.10 Å². The van der Waals surface area contributed by atoms with Gasteiger partial charge < -0.3 is 19.5 Å². The molecule has 0 radical (unpaired) electrons. The summed E-state index contributed by atoms with van der Waals surface area (Å²) in [6.07, 6.45) is -0.591. The van der Waals surface area contributed by atoms with Gasteiger partial charge in [0, 0.05) is 13.1 Å². The topological polar surface area (TPSA) is 76.1 Å². The number of hydrogen-bond donors (Lipinski definition) is 1. The highest BCUT2D eigenvalue weighted by Crippen LogP contribution is 2.22. The molecule has 1 rings (SSSR count). The molecule has 6 nitrogen and oxygen atoms in total. The minimum Gasteiger partial charge on any atom is -0.483 e. The van der Waals surface area contributed by atoms with Crippen LogP contribution in [0, 0.1) is 13.8 Å². The summed E-state index contributed by atoms with van der Waals surface area (Å²) in [5.41, 5.74) is 1.91. The Morgan fingerprint density at radius 2 is 1.88 bits per heavy atom. The molecule has 24 heavy (non-hydrogen) atoms. The van der Waals surface area contributed by atoms with E-state index in [0.717, 1.165) is 11.1 Å². The van der Waals surface area contributed by atoms with Gasteiger partial charge in [0.1, 0.15) is 5.75 Å². The van der Waals surface area contributed by atoms with Crippen molar-refractivity contribution in [3.63, 3.8) is 0 Å². The number of carbonyl (C=O) groups excluding carboxylic acids is 2. The molecule has 1 aromatic rings. The first kappa shape index (κ1) is 20.0. The smallest absolute Gasteiger partial charge is 0.307 e. The number of esters is 1. The van der Waals surface area contributed by atoms with Crippen LogP contribution in [0.3, 0.4) is 0 Å². The van der Waals surface area contributed by atoms with Gasteiger partial charge >= 0.3 is 5.97 Å². The lowest BCUT2D eigenvalue weighted by Gasteiger charge is -2.24. The molecule has 134 valence electrons. The van der Waals surface area contributed by atoms with Gasteiger partial charge in [-0.25, -0.2) is 0 Å². The van der Waals surface area contributed by atoms with Gasteiger partial charge in [-0.15, -0.1) is 0 Å². The molecular formula is C18H27NO5. The SMILES string of the molecule is CCOC(=O)CCN(CC(C)O)C(=O)COc1c(C)cccc1C. The Bertz CT molecular complexity index is 536. The molecule has 1 N–H and O–H groups in total. The van der Waals surface area contributed by atoms with Gasteiger partial charge in [0.2, 0.25) is 0 Å². The normalized spacial score (nSPS) is 11.7. The standard InChI is InChI=1S/C18H27NO5/c1-5-23-17(22)9-10-19(11-15(4)20)16(21)12-24-18-13(2)7-6-8-14(18)3/h6-8,15,20H,5,9-12H2,1-4H3. The molecule has 1 amide bonds. The third kappa shape index (κ3) is 6.58. The second-order valence-corrected chi connectivity index (χ2v) is 5.75. The molecule has 0 saturated carbocycles. The van der Waals surface area contributed by atoms with Crippen molar-refractivity contribution in [1.82, 2.24) is 4.90 Å². The largest absolute Gasteiger partial charge is 0.483 e. The molecule has 0 spiro atoms. The predicted octanol–water partition coefficient (Wildman–Crippen LogP) is 1.84. The Labute approximate surface area is 143 Å². The van der Waals surface area contributed by atoms with Gasteiger partial charge in [-0.05, 0) is 38.8 Å². The number of rotatable bonds is 9. The van der Waals surface area contributed by atoms with Crippen LogP contribution in [0.5, 0.6) is 5.75 Å². The predicted molar refractivity (Wildman–Crippen MR) is 90.9 cm³/mol. The van der Waals surface area contributed by atoms with E-state index in [0.29, 0.717) is 12.4 Å². The highest BCUT2D eigenvalue weighted by molar-refractivity contribution is 5.78. The summed E-state index contributed by atoms with van der Waals surface area (Å²) in [4.78, 5) is 25.3.